The molecule has 0 fully saturated rings. The van der Waals surface area contributed by atoms with Gasteiger partial charge in [-0.25, -0.2) is 0 Å². The summed E-state index contributed by atoms with van der Waals surface area (Å²) >= 11 is 0. The fourth-order valence-corrected chi connectivity index (χ4v) is 2.11. The molecule has 0 saturated heterocycles. The number of aromatic nitrogens is 4. The second-order valence-electron chi connectivity index (χ2n) is 5.43. The third-order valence-corrected chi connectivity index (χ3v) is 3.45. The van der Waals surface area contributed by atoms with Crippen LogP contribution in [0.15, 0.2) is 24.5 Å². The van der Waals surface area contributed by atoms with Gasteiger partial charge in [0.25, 0.3) is 0 Å². The molecule has 2 aromatic rings. The van der Waals surface area contributed by atoms with Crippen molar-refractivity contribution in [1.29, 1.82) is 0 Å². The molecular formula is C15H19N4O4+. The molecule has 1 atom stereocenters. The van der Waals surface area contributed by atoms with Crippen molar-refractivity contribution in [3.05, 3.63) is 35.7 Å². The number of carbonyl (C=O) groups excluding carboxylic acids is 1. The van der Waals surface area contributed by atoms with Gasteiger partial charge in [0.05, 0.1) is 11.5 Å². The molecule has 0 aliphatic rings. The molecule has 1 N–H and O–H groups in total. The van der Waals surface area contributed by atoms with E-state index in [9.17, 15) is 9.59 Å². The quantitative estimate of drug-likeness (QED) is 0.755. The lowest BCUT2D eigenvalue weighted by Gasteiger charge is -2.10. The van der Waals surface area contributed by atoms with Crippen LogP contribution in [0, 0.1) is 19.8 Å². The highest BCUT2D eigenvalue weighted by Gasteiger charge is 2.23. The molecule has 122 valence electrons. The summed E-state index contributed by atoms with van der Waals surface area (Å²) in [7, 11) is 0. The maximum absolute atomic E-state index is 12.1. The average Bonchev–Trinajstić information content (AvgIpc) is 2.89. The Bertz CT molecular complexity index is 706. The van der Waals surface area contributed by atoms with E-state index in [0.29, 0.717) is 5.75 Å². The fraction of sp³-hybridized carbons (Fsp3) is 0.400. The number of benzene rings is 1. The summed E-state index contributed by atoms with van der Waals surface area (Å²) in [6.45, 7) is 5.29. The van der Waals surface area contributed by atoms with E-state index < -0.39 is 11.9 Å². The normalized spacial score (nSPS) is 12.0. The number of aliphatic carboxylic acids is 1. The number of carboxylic acid groups (broad SMARTS) is 1. The van der Waals surface area contributed by atoms with Crippen LogP contribution >= 0.6 is 0 Å². The van der Waals surface area contributed by atoms with Gasteiger partial charge >= 0.3 is 12.3 Å². The topological polar surface area (TPSA) is 98.2 Å². The van der Waals surface area contributed by atoms with E-state index in [1.807, 2.05) is 32.0 Å². The lowest BCUT2D eigenvalue weighted by Crippen LogP contribution is -2.51. The van der Waals surface area contributed by atoms with Crippen molar-refractivity contribution in [3.63, 3.8) is 0 Å². The largest absolute Gasteiger partial charge is 0.481 e. The number of hydrogen-bond donors (Lipinski definition) is 1. The standard InChI is InChI=1S/C15H18N4O4/c1-10-5-4-6-11(2)15(10)23-19-9-16-17-18(19)8-13(20)12(3)7-14(21)22/h4-6,9,12H,7-8H2,1-3H3/p+1. The molecule has 2 rings (SSSR count). The third kappa shape index (κ3) is 4.12. The van der Waals surface area contributed by atoms with Crippen molar-refractivity contribution in [1.82, 2.24) is 15.2 Å². The van der Waals surface area contributed by atoms with Gasteiger partial charge in [-0.2, -0.15) is 0 Å². The van der Waals surface area contributed by atoms with Crippen LogP contribution < -0.4 is 9.63 Å². The first kappa shape index (κ1) is 16.6. The molecule has 0 spiro atoms. The molecule has 0 aliphatic heterocycles. The lowest BCUT2D eigenvalue weighted by molar-refractivity contribution is -0.837. The third-order valence-electron chi connectivity index (χ3n) is 3.45. The van der Waals surface area contributed by atoms with Crippen LogP contribution in [-0.2, 0) is 16.1 Å². The number of para-hydroxylation sites is 1. The smallest absolute Gasteiger partial charge is 0.313 e. The van der Waals surface area contributed by atoms with Crippen LogP contribution in [0.4, 0.5) is 0 Å². The number of rotatable bonds is 7. The van der Waals surface area contributed by atoms with Gasteiger partial charge < -0.3 is 9.94 Å². The van der Waals surface area contributed by atoms with Gasteiger partial charge in [0.2, 0.25) is 0 Å². The summed E-state index contributed by atoms with van der Waals surface area (Å²) < 4.78 is 0. The lowest BCUT2D eigenvalue weighted by atomic mass is 10.0. The van der Waals surface area contributed by atoms with Crippen molar-refractivity contribution < 1.29 is 24.3 Å². The van der Waals surface area contributed by atoms with Gasteiger partial charge in [-0.1, -0.05) is 25.1 Å². The number of carbonyl (C=O) groups is 2. The van der Waals surface area contributed by atoms with E-state index in [1.165, 1.54) is 16.0 Å². The second-order valence-corrected chi connectivity index (χ2v) is 5.43. The molecule has 1 aromatic carbocycles. The summed E-state index contributed by atoms with van der Waals surface area (Å²) in [4.78, 5) is 31.0. The Hall–Kier alpha value is -2.77. The van der Waals surface area contributed by atoms with E-state index in [2.05, 4.69) is 10.3 Å². The first-order valence-electron chi connectivity index (χ1n) is 7.18. The summed E-state index contributed by atoms with van der Waals surface area (Å²) in [6.07, 6.45) is 1.13. The number of hydrogen-bond acceptors (Lipinski definition) is 5. The maximum Gasteiger partial charge on any atom is 0.313 e. The molecule has 23 heavy (non-hydrogen) atoms. The number of nitrogens with zero attached hydrogens (tertiary/aromatic N) is 4. The fourth-order valence-electron chi connectivity index (χ4n) is 2.11. The van der Waals surface area contributed by atoms with Crippen molar-refractivity contribution in [3.8, 4) is 5.75 Å². The Labute approximate surface area is 133 Å². The van der Waals surface area contributed by atoms with E-state index in [4.69, 9.17) is 9.94 Å². The maximum atomic E-state index is 12.1. The van der Waals surface area contributed by atoms with Gasteiger partial charge in [-0.3, -0.25) is 9.59 Å². The van der Waals surface area contributed by atoms with Crippen LogP contribution in [0.2, 0.25) is 0 Å². The van der Waals surface area contributed by atoms with Gasteiger partial charge in [-0.15, -0.1) is 0 Å². The summed E-state index contributed by atoms with van der Waals surface area (Å²) in [5.74, 6) is -1.21. The molecule has 8 heteroatoms. The zero-order valence-electron chi connectivity index (χ0n) is 13.3. The molecule has 0 radical (unpaired) electrons. The van der Waals surface area contributed by atoms with Crippen LogP contribution in [-0.4, -0.2) is 32.0 Å². The summed E-state index contributed by atoms with van der Waals surface area (Å²) in [6, 6.07) is 5.75. The second kappa shape index (κ2) is 6.99. The first-order chi connectivity index (χ1) is 10.9. The Morgan fingerprint density at radius 3 is 2.61 bits per heavy atom. The van der Waals surface area contributed by atoms with E-state index in [-0.39, 0.29) is 18.7 Å². The Morgan fingerprint density at radius 1 is 1.35 bits per heavy atom. The van der Waals surface area contributed by atoms with Crippen molar-refractivity contribution in [2.24, 2.45) is 5.92 Å². The molecule has 0 saturated carbocycles. The van der Waals surface area contributed by atoms with Crippen molar-refractivity contribution in [2.45, 2.75) is 33.7 Å². The first-order valence-corrected chi connectivity index (χ1v) is 7.18. The SMILES string of the molecule is Cc1cccc(C)c1On1cnn[n+]1CC(=O)C(C)CC(=O)O. The molecule has 0 aliphatic carbocycles. The Morgan fingerprint density at radius 2 is 2.00 bits per heavy atom. The average molecular weight is 319 g/mol. The molecule has 0 bridgehead atoms. The minimum Gasteiger partial charge on any atom is -0.481 e. The van der Waals surface area contributed by atoms with Gasteiger partial charge in [0, 0.05) is 10.8 Å². The predicted octanol–water partition coefficient (Wildman–Crippen LogP) is 0.704. The number of carboxylic acids is 1. The predicted molar refractivity (Wildman–Crippen MR) is 78.6 cm³/mol. The van der Waals surface area contributed by atoms with Gasteiger partial charge in [0.15, 0.2) is 23.3 Å². The highest BCUT2D eigenvalue weighted by atomic mass is 16.7. The zero-order chi connectivity index (χ0) is 17.0. The molecule has 1 aromatic heterocycles. The molecule has 0 amide bonds. The number of Topliss-reactive ketones (excluding diaryl/α,β-unsaturated/α-hetero) is 1. The summed E-state index contributed by atoms with van der Waals surface area (Å²) in [5, 5.41) is 16.3. The summed E-state index contributed by atoms with van der Waals surface area (Å²) in [5.41, 5.74) is 1.88. The monoisotopic (exact) mass is 319 g/mol. The van der Waals surface area contributed by atoms with Crippen LogP contribution in [0.1, 0.15) is 24.5 Å². The van der Waals surface area contributed by atoms with Crippen LogP contribution in [0.5, 0.6) is 5.75 Å². The minimum absolute atomic E-state index is 0.112. The number of tetrazole rings is 1. The highest BCUT2D eigenvalue weighted by Crippen LogP contribution is 2.22. The molecule has 1 heterocycles. The number of ketones is 1. The zero-order valence-corrected chi connectivity index (χ0v) is 13.3. The van der Waals surface area contributed by atoms with Gasteiger partial charge in [-0.05, 0) is 29.8 Å². The number of aryl methyl sites for hydroxylation is 2. The minimum atomic E-state index is -1.01. The van der Waals surface area contributed by atoms with E-state index >= 15 is 0 Å². The Balaban J connectivity index is 2.14. The molecule has 8 nitrogen and oxygen atoms in total. The van der Waals surface area contributed by atoms with E-state index in [0.717, 1.165) is 11.1 Å². The van der Waals surface area contributed by atoms with Crippen LogP contribution in [0.25, 0.3) is 0 Å². The molecular weight excluding hydrogens is 300 g/mol. The molecule has 1 unspecified atom stereocenters. The van der Waals surface area contributed by atoms with Crippen molar-refractivity contribution in [2.75, 3.05) is 0 Å². The highest BCUT2D eigenvalue weighted by molar-refractivity contribution is 5.83. The van der Waals surface area contributed by atoms with Crippen LogP contribution in [0.3, 0.4) is 0 Å². The van der Waals surface area contributed by atoms with Crippen molar-refractivity contribution >= 4 is 11.8 Å². The Kier molecular flexibility index (Phi) is 5.05. The van der Waals surface area contributed by atoms with E-state index in [1.54, 1.807) is 6.92 Å². The van der Waals surface area contributed by atoms with Gasteiger partial charge in [0.1, 0.15) is 0 Å².